The molecule has 0 spiro atoms. The lowest BCUT2D eigenvalue weighted by Gasteiger charge is -2.34. The van der Waals surface area contributed by atoms with Gasteiger partial charge in [-0.15, -0.1) is 0 Å². The van der Waals surface area contributed by atoms with E-state index in [2.05, 4.69) is 24.1 Å². The number of sulfonamides is 1. The molecule has 1 heterocycles. The highest BCUT2D eigenvalue weighted by Crippen LogP contribution is 2.21. The van der Waals surface area contributed by atoms with Crippen LogP contribution in [0.1, 0.15) is 20.3 Å². The highest BCUT2D eigenvalue weighted by molar-refractivity contribution is 7.89. The average Bonchev–Trinajstić information content (AvgIpc) is 2.46. The fourth-order valence-corrected chi connectivity index (χ4v) is 4.15. The largest absolute Gasteiger partial charge is 0.325 e. The Kier molecular flexibility index (Phi) is 6.01. The van der Waals surface area contributed by atoms with Crippen LogP contribution in [0.4, 0.5) is 5.69 Å². The molecule has 1 N–H and O–H groups in total. The summed E-state index contributed by atoms with van der Waals surface area (Å²) >= 11 is 0. The maximum atomic E-state index is 12.2. The minimum Gasteiger partial charge on any atom is -0.325 e. The van der Waals surface area contributed by atoms with Gasteiger partial charge in [-0.05, 0) is 42.5 Å². The van der Waals surface area contributed by atoms with E-state index in [4.69, 9.17) is 0 Å². The fraction of sp³-hybridized carbons (Fsp3) is 0.588. The quantitative estimate of drug-likeness (QED) is 0.877. The summed E-state index contributed by atoms with van der Waals surface area (Å²) in [5, 5.41) is 2.84. The Bertz CT molecular complexity index is 661. The Morgan fingerprint density at radius 1 is 1.17 bits per heavy atom. The molecule has 1 aliphatic heterocycles. The standard InChI is InChI=1S/C17H27N3O3S/c1-13-9-14(2)11-20(10-13)12-17(21)18-15-5-7-16(8-6-15)24(22,23)19(3)4/h5-8,13-14H,9-12H2,1-4H3,(H,18,21)/t13-,14-/m0/s1. The molecule has 1 aromatic carbocycles. The summed E-state index contributed by atoms with van der Waals surface area (Å²) in [7, 11) is -0.461. The van der Waals surface area contributed by atoms with Gasteiger partial charge in [0.05, 0.1) is 11.4 Å². The van der Waals surface area contributed by atoms with E-state index in [1.54, 1.807) is 12.1 Å². The van der Waals surface area contributed by atoms with Crippen molar-refractivity contribution in [3.63, 3.8) is 0 Å². The summed E-state index contributed by atoms with van der Waals surface area (Å²) in [4.78, 5) is 14.6. The molecule has 0 saturated carbocycles. The van der Waals surface area contributed by atoms with E-state index in [9.17, 15) is 13.2 Å². The van der Waals surface area contributed by atoms with Gasteiger partial charge in [-0.25, -0.2) is 12.7 Å². The van der Waals surface area contributed by atoms with Crippen LogP contribution >= 0.6 is 0 Å². The molecule has 2 rings (SSSR count). The van der Waals surface area contributed by atoms with Gasteiger partial charge >= 0.3 is 0 Å². The highest BCUT2D eigenvalue weighted by Gasteiger charge is 2.23. The summed E-state index contributed by atoms with van der Waals surface area (Å²) in [6, 6.07) is 6.26. The van der Waals surface area contributed by atoms with Crippen molar-refractivity contribution in [3.8, 4) is 0 Å². The van der Waals surface area contributed by atoms with Gasteiger partial charge in [-0.3, -0.25) is 9.69 Å². The van der Waals surface area contributed by atoms with Gasteiger partial charge in [0.15, 0.2) is 0 Å². The van der Waals surface area contributed by atoms with Crippen LogP contribution in [0, 0.1) is 11.8 Å². The van der Waals surface area contributed by atoms with Gasteiger partial charge in [0.25, 0.3) is 0 Å². The lowest BCUT2D eigenvalue weighted by Crippen LogP contribution is -2.42. The predicted octanol–water partition coefficient (Wildman–Crippen LogP) is 1.85. The minimum absolute atomic E-state index is 0.0699. The molecule has 2 atom stereocenters. The number of carbonyl (C=O) groups excluding carboxylic acids is 1. The maximum absolute atomic E-state index is 12.2. The van der Waals surface area contributed by atoms with Crippen molar-refractivity contribution in [1.82, 2.24) is 9.21 Å². The second-order valence-electron chi connectivity index (χ2n) is 7.00. The zero-order valence-corrected chi connectivity index (χ0v) is 15.6. The van der Waals surface area contributed by atoms with E-state index >= 15 is 0 Å². The number of benzene rings is 1. The zero-order chi connectivity index (χ0) is 17.9. The number of anilines is 1. The van der Waals surface area contributed by atoms with E-state index in [1.165, 1.54) is 37.0 Å². The average molecular weight is 353 g/mol. The van der Waals surface area contributed by atoms with E-state index < -0.39 is 10.0 Å². The zero-order valence-electron chi connectivity index (χ0n) is 14.8. The van der Waals surface area contributed by atoms with Gasteiger partial charge in [0.2, 0.25) is 15.9 Å². The number of likely N-dealkylation sites (tertiary alicyclic amines) is 1. The van der Waals surface area contributed by atoms with Crippen LogP contribution in [0.15, 0.2) is 29.2 Å². The van der Waals surface area contributed by atoms with Crippen LogP contribution in [0.2, 0.25) is 0 Å². The second kappa shape index (κ2) is 7.63. The summed E-state index contributed by atoms with van der Waals surface area (Å²) < 4.78 is 25.2. The first kappa shape index (κ1) is 18.9. The van der Waals surface area contributed by atoms with Crippen molar-refractivity contribution < 1.29 is 13.2 Å². The Hall–Kier alpha value is -1.44. The van der Waals surface area contributed by atoms with Gasteiger partial charge in [-0.1, -0.05) is 13.8 Å². The predicted molar refractivity (Wildman–Crippen MR) is 95.3 cm³/mol. The van der Waals surface area contributed by atoms with Crippen LogP contribution < -0.4 is 5.32 Å². The number of hydrogen-bond acceptors (Lipinski definition) is 4. The molecule has 0 unspecified atom stereocenters. The SMILES string of the molecule is C[C@H]1C[C@H](C)CN(CC(=O)Nc2ccc(S(=O)(=O)N(C)C)cc2)C1. The first-order valence-corrected chi connectivity index (χ1v) is 9.67. The summed E-state index contributed by atoms with van der Waals surface area (Å²) in [5.74, 6) is 1.15. The van der Waals surface area contributed by atoms with E-state index in [0.717, 1.165) is 13.1 Å². The molecule has 1 fully saturated rings. The van der Waals surface area contributed by atoms with Gasteiger partial charge in [0.1, 0.15) is 0 Å². The lowest BCUT2D eigenvalue weighted by atomic mass is 9.92. The van der Waals surface area contributed by atoms with Crippen molar-refractivity contribution >= 4 is 21.6 Å². The summed E-state index contributed by atoms with van der Waals surface area (Å²) in [6.07, 6.45) is 1.21. The van der Waals surface area contributed by atoms with E-state index in [1.807, 2.05) is 0 Å². The van der Waals surface area contributed by atoms with Gasteiger partial charge < -0.3 is 5.32 Å². The fourth-order valence-electron chi connectivity index (χ4n) is 3.25. The topological polar surface area (TPSA) is 69.7 Å². The molecule has 0 radical (unpaired) electrons. The Morgan fingerprint density at radius 2 is 1.71 bits per heavy atom. The van der Waals surface area contributed by atoms with Gasteiger partial charge in [0, 0.05) is 32.9 Å². The molecule has 1 amide bonds. The molecule has 1 saturated heterocycles. The number of amides is 1. The number of hydrogen-bond donors (Lipinski definition) is 1. The molecule has 7 heteroatoms. The number of carbonyl (C=O) groups is 1. The number of nitrogens with zero attached hydrogens (tertiary/aromatic N) is 2. The number of rotatable bonds is 5. The first-order chi connectivity index (χ1) is 11.2. The van der Waals surface area contributed by atoms with Crippen LogP contribution in [0.5, 0.6) is 0 Å². The molecular formula is C17H27N3O3S. The molecule has 24 heavy (non-hydrogen) atoms. The Labute approximate surface area is 144 Å². The third-order valence-electron chi connectivity index (χ3n) is 4.23. The Balaban J connectivity index is 1.95. The normalized spacial score (nSPS) is 22.5. The van der Waals surface area contributed by atoms with E-state index in [0.29, 0.717) is 24.1 Å². The van der Waals surface area contributed by atoms with E-state index in [-0.39, 0.29) is 10.8 Å². The van der Waals surface area contributed by atoms with Crippen molar-refractivity contribution in [3.05, 3.63) is 24.3 Å². The maximum Gasteiger partial charge on any atom is 0.242 e. The smallest absolute Gasteiger partial charge is 0.242 e. The molecule has 1 aromatic rings. The highest BCUT2D eigenvalue weighted by atomic mass is 32.2. The molecule has 0 aliphatic carbocycles. The van der Waals surface area contributed by atoms with Crippen molar-refractivity contribution in [2.24, 2.45) is 11.8 Å². The minimum atomic E-state index is -3.44. The molecule has 134 valence electrons. The second-order valence-corrected chi connectivity index (χ2v) is 9.15. The third-order valence-corrected chi connectivity index (χ3v) is 6.06. The Morgan fingerprint density at radius 3 is 2.21 bits per heavy atom. The van der Waals surface area contributed by atoms with Crippen molar-refractivity contribution in [2.75, 3.05) is 39.0 Å². The number of nitrogens with one attached hydrogen (secondary N) is 1. The first-order valence-electron chi connectivity index (χ1n) is 8.23. The lowest BCUT2D eigenvalue weighted by molar-refractivity contribution is -0.117. The van der Waals surface area contributed by atoms with Gasteiger partial charge in [-0.2, -0.15) is 0 Å². The summed E-state index contributed by atoms with van der Waals surface area (Å²) in [5.41, 5.74) is 0.607. The summed E-state index contributed by atoms with van der Waals surface area (Å²) in [6.45, 7) is 6.68. The monoisotopic (exact) mass is 353 g/mol. The molecule has 1 aliphatic rings. The molecule has 6 nitrogen and oxygen atoms in total. The van der Waals surface area contributed by atoms with Crippen molar-refractivity contribution in [2.45, 2.75) is 25.2 Å². The van der Waals surface area contributed by atoms with Crippen LogP contribution in [0.25, 0.3) is 0 Å². The van der Waals surface area contributed by atoms with Crippen LogP contribution in [0.3, 0.4) is 0 Å². The van der Waals surface area contributed by atoms with Crippen LogP contribution in [-0.2, 0) is 14.8 Å². The third kappa shape index (κ3) is 4.78. The number of piperidine rings is 1. The molecular weight excluding hydrogens is 326 g/mol. The van der Waals surface area contributed by atoms with Crippen LogP contribution in [-0.4, -0.2) is 57.3 Å². The molecule has 0 bridgehead atoms. The van der Waals surface area contributed by atoms with Crippen molar-refractivity contribution in [1.29, 1.82) is 0 Å². The molecule has 0 aromatic heterocycles.